The van der Waals surface area contributed by atoms with Crippen LogP contribution in [0.25, 0.3) is 0 Å². The average molecular weight is 354 g/mol. The van der Waals surface area contributed by atoms with E-state index < -0.39 is 0 Å². The van der Waals surface area contributed by atoms with Crippen LogP contribution in [-0.4, -0.2) is 48.1 Å². The van der Waals surface area contributed by atoms with Crippen LogP contribution in [0.2, 0.25) is 0 Å². The molecule has 5 nitrogen and oxygen atoms in total. The van der Waals surface area contributed by atoms with Crippen LogP contribution in [0.15, 0.2) is 24.3 Å². The van der Waals surface area contributed by atoms with E-state index in [4.69, 9.17) is 0 Å². The number of rotatable bonds is 5. The second kappa shape index (κ2) is 9.25. The summed E-state index contributed by atoms with van der Waals surface area (Å²) in [5.74, 6) is 1.01. The molecule has 2 atom stereocenters. The molecule has 1 amide bonds. The zero-order valence-electron chi connectivity index (χ0n) is 14.0. The Morgan fingerprint density at radius 2 is 2.21 bits per heavy atom. The van der Waals surface area contributed by atoms with E-state index in [1.54, 1.807) is 6.07 Å². The molecule has 3 rings (SSSR count). The molecule has 0 radical (unpaired) electrons. The maximum atomic E-state index is 12.1. The van der Waals surface area contributed by atoms with Gasteiger partial charge in [0.15, 0.2) is 0 Å². The van der Waals surface area contributed by atoms with Crippen molar-refractivity contribution in [3.63, 3.8) is 0 Å². The Kier molecular flexibility index (Phi) is 7.34. The molecule has 0 spiro atoms. The monoisotopic (exact) mass is 353 g/mol. The number of nitrogens with one attached hydrogen (secondary N) is 2. The third kappa shape index (κ3) is 5.36. The quantitative estimate of drug-likeness (QED) is 0.756. The Hall–Kier alpha value is -1.30. The second-order valence-corrected chi connectivity index (χ2v) is 6.81. The van der Waals surface area contributed by atoms with Crippen molar-refractivity contribution in [1.82, 2.24) is 15.5 Å². The summed E-state index contributed by atoms with van der Waals surface area (Å²) in [4.78, 5) is 14.5. The first-order valence-electron chi connectivity index (χ1n) is 8.72. The number of piperidine rings is 1. The van der Waals surface area contributed by atoms with Crippen LogP contribution in [0, 0.1) is 5.92 Å². The molecule has 1 aromatic rings. The lowest BCUT2D eigenvalue weighted by Crippen LogP contribution is -2.45. The summed E-state index contributed by atoms with van der Waals surface area (Å²) < 4.78 is 0. The highest BCUT2D eigenvalue weighted by atomic mass is 35.5. The first-order valence-corrected chi connectivity index (χ1v) is 8.72. The lowest BCUT2D eigenvalue weighted by molar-refractivity contribution is -0.123. The van der Waals surface area contributed by atoms with Crippen molar-refractivity contribution >= 4 is 18.3 Å². The van der Waals surface area contributed by atoms with Crippen LogP contribution in [0.5, 0.6) is 5.75 Å². The van der Waals surface area contributed by atoms with Crippen LogP contribution in [0.3, 0.4) is 0 Å². The van der Waals surface area contributed by atoms with Crippen molar-refractivity contribution in [3.05, 3.63) is 29.8 Å². The van der Waals surface area contributed by atoms with Crippen molar-refractivity contribution in [2.24, 2.45) is 5.92 Å². The van der Waals surface area contributed by atoms with Gasteiger partial charge in [-0.05, 0) is 62.4 Å². The Bertz CT molecular complexity index is 535. The van der Waals surface area contributed by atoms with Gasteiger partial charge >= 0.3 is 0 Å². The molecule has 0 aliphatic carbocycles. The molecule has 3 N–H and O–H groups in total. The van der Waals surface area contributed by atoms with Gasteiger partial charge < -0.3 is 15.7 Å². The Balaban J connectivity index is 0.00000208. The van der Waals surface area contributed by atoms with E-state index in [1.165, 1.54) is 12.8 Å². The molecule has 2 aliphatic rings. The number of hydrogen-bond donors (Lipinski definition) is 3. The van der Waals surface area contributed by atoms with E-state index in [0.29, 0.717) is 11.7 Å². The fraction of sp³-hybridized carbons (Fsp3) is 0.611. The number of phenolic OH excluding ortho intramolecular Hbond substituents is 1. The van der Waals surface area contributed by atoms with Crippen molar-refractivity contribution in [2.75, 3.05) is 26.2 Å². The van der Waals surface area contributed by atoms with E-state index in [1.807, 2.05) is 12.1 Å². The highest BCUT2D eigenvalue weighted by Crippen LogP contribution is 2.20. The average Bonchev–Trinajstić information content (AvgIpc) is 3.07. The Labute approximate surface area is 150 Å². The molecule has 2 fully saturated rings. The predicted octanol–water partition coefficient (Wildman–Crippen LogP) is 1.89. The van der Waals surface area contributed by atoms with E-state index in [2.05, 4.69) is 21.6 Å². The molecule has 134 valence electrons. The van der Waals surface area contributed by atoms with E-state index in [-0.39, 0.29) is 24.4 Å². The minimum atomic E-state index is 0. The third-order valence-electron chi connectivity index (χ3n) is 4.86. The molecule has 0 bridgehead atoms. The van der Waals surface area contributed by atoms with Gasteiger partial charge in [0.25, 0.3) is 0 Å². The number of carbonyl (C=O) groups excluding carboxylic acids is 1. The van der Waals surface area contributed by atoms with Gasteiger partial charge in [-0.2, -0.15) is 0 Å². The fourth-order valence-electron chi connectivity index (χ4n) is 3.65. The van der Waals surface area contributed by atoms with Gasteiger partial charge in [0.2, 0.25) is 5.91 Å². The number of aromatic hydroxyl groups is 1. The van der Waals surface area contributed by atoms with Gasteiger partial charge in [0, 0.05) is 19.6 Å². The lowest BCUT2D eigenvalue weighted by Gasteiger charge is -2.33. The van der Waals surface area contributed by atoms with Crippen LogP contribution >= 0.6 is 12.4 Å². The number of amides is 1. The number of carbonyl (C=O) groups is 1. The van der Waals surface area contributed by atoms with Gasteiger partial charge in [-0.1, -0.05) is 12.1 Å². The molecule has 2 unspecified atom stereocenters. The molecular formula is C18H28ClN3O2. The van der Waals surface area contributed by atoms with Crippen molar-refractivity contribution in [2.45, 2.75) is 38.3 Å². The third-order valence-corrected chi connectivity index (χ3v) is 4.86. The summed E-state index contributed by atoms with van der Waals surface area (Å²) in [6.07, 6.45) is 4.40. The lowest BCUT2D eigenvalue weighted by atomic mass is 9.97. The number of likely N-dealkylation sites (tertiary alicyclic amines) is 1. The molecular weight excluding hydrogens is 326 g/mol. The molecule has 6 heteroatoms. The topological polar surface area (TPSA) is 64.6 Å². The number of benzene rings is 1. The standard InChI is InChI=1S/C18H27N3O2.ClH/c22-16-6-1-4-14(10-16)12-21-9-3-5-15(13-21)11-20-18(23)17-7-2-8-19-17;/h1,4,6,10,15,17,19,22H,2-3,5,7-9,11-13H2,(H,20,23);1H. The summed E-state index contributed by atoms with van der Waals surface area (Å²) >= 11 is 0. The van der Waals surface area contributed by atoms with Crippen molar-refractivity contribution in [3.8, 4) is 5.75 Å². The molecule has 2 heterocycles. The molecule has 2 aliphatic heterocycles. The van der Waals surface area contributed by atoms with Crippen LogP contribution in [0.4, 0.5) is 0 Å². The Morgan fingerprint density at radius 1 is 1.33 bits per heavy atom. The van der Waals surface area contributed by atoms with Crippen molar-refractivity contribution < 1.29 is 9.90 Å². The summed E-state index contributed by atoms with van der Waals surface area (Å²) in [5.41, 5.74) is 1.14. The Morgan fingerprint density at radius 3 is 2.96 bits per heavy atom. The highest BCUT2D eigenvalue weighted by Gasteiger charge is 2.24. The first kappa shape index (κ1) is 19.0. The zero-order valence-corrected chi connectivity index (χ0v) is 14.9. The van der Waals surface area contributed by atoms with Gasteiger partial charge in [-0.15, -0.1) is 12.4 Å². The van der Waals surface area contributed by atoms with Crippen LogP contribution in [-0.2, 0) is 11.3 Å². The number of nitrogens with zero attached hydrogens (tertiary/aromatic N) is 1. The first-order chi connectivity index (χ1) is 11.2. The molecule has 1 aromatic carbocycles. The SMILES string of the molecule is Cl.O=C(NCC1CCCN(Cc2cccc(O)c2)C1)C1CCCN1. The highest BCUT2D eigenvalue weighted by molar-refractivity contribution is 5.85. The van der Waals surface area contributed by atoms with Crippen molar-refractivity contribution in [1.29, 1.82) is 0 Å². The largest absolute Gasteiger partial charge is 0.508 e. The summed E-state index contributed by atoms with van der Waals surface area (Å²) in [6.45, 7) is 4.69. The fourth-order valence-corrected chi connectivity index (χ4v) is 3.65. The molecule has 0 saturated carbocycles. The minimum Gasteiger partial charge on any atom is -0.508 e. The summed E-state index contributed by atoms with van der Waals surface area (Å²) in [6, 6.07) is 7.49. The molecule has 0 aromatic heterocycles. The number of phenols is 1. The van der Waals surface area contributed by atoms with E-state index >= 15 is 0 Å². The smallest absolute Gasteiger partial charge is 0.237 e. The van der Waals surface area contributed by atoms with Crippen LogP contribution < -0.4 is 10.6 Å². The van der Waals surface area contributed by atoms with Gasteiger partial charge in [-0.3, -0.25) is 9.69 Å². The predicted molar refractivity (Wildman–Crippen MR) is 97.4 cm³/mol. The maximum absolute atomic E-state index is 12.1. The second-order valence-electron chi connectivity index (χ2n) is 6.81. The number of hydrogen-bond acceptors (Lipinski definition) is 4. The maximum Gasteiger partial charge on any atom is 0.237 e. The van der Waals surface area contributed by atoms with E-state index in [0.717, 1.165) is 51.1 Å². The molecule has 24 heavy (non-hydrogen) atoms. The summed E-state index contributed by atoms with van der Waals surface area (Å²) in [7, 11) is 0. The minimum absolute atomic E-state index is 0. The van der Waals surface area contributed by atoms with Gasteiger partial charge in [0.05, 0.1) is 6.04 Å². The molecule has 2 saturated heterocycles. The zero-order chi connectivity index (χ0) is 16.1. The normalized spacial score (nSPS) is 24.3. The summed E-state index contributed by atoms with van der Waals surface area (Å²) in [5, 5.41) is 15.9. The van der Waals surface area contributed by atoms with Crippen LogP contribution in [0.1, 0.15) is 31.2 Å². The van der Waals surface area contributed by atoms with Gasteiger partial charge in [-0.25, -0.2) is 0 Å². The van der Waals surface area contributed by atoms with E-state index in [9.17, 15) is 9.90 Å². The van der Waals surface area contributed by atoms with Gasteiger partial charge in [0.1, 0.15) is 5.75 Å². The number of halogens is 1.